The summed E-state index contributed by atoms with van der Waals surface area (Å²) in [5.41, 5.74) is 14.9. The van der Waals surface area contributed by atoms with Crippen molar-refractivity contribution in [2.24, 2.45) is 11.5 Å². The molecule has 0 radical (unpaired) electrons. The van der Waals surface area contributed by atoms with E-state index in [2.05, 4.69) is 0 Å². The van der Waals surface area contributed by atoms with Gasteiger partial charge in [-0.1, -0.05) is 0 Å². The van der Waals surface area contributed by atoms with Gasteiger partial charge in [0.25, 0.3) is 0 Å². The van der Waals surface area contributed by atoms with Crippen molar-refractivity contribution in [1.29, 1.82) is 0 Å². The molecule has 3 aromatic rings. The lowest BCUT2D eigenvalue weighted by molar-refractivity contribution is 0.0970. The zero-order chi connectivity index (χ0) is 27.5. The molecule has 8 heteroatoms. The normalized spacial score (nSPS) is 15.1. The highest BCUT2D eigenvalue weighted by molar-refractivity contribution is 5.96. The fourth-order valence-corrected chi connectivity index (χ4v) is 4.02. The Bertz CT molecular complexity index is 1280. The van der Waals surface area contributed by atoms with Crippen LogP contribution in [0, 0.1) is 5.82 Å². The Balaban J connectivity index is 1.55. The fraction of sp³-hybridized carbons (Fsp3) is 0.400. The van der Waals surface area contributed by atoms with Gasteiger partial charge in [0.2, 0.25) is 0 Å². The van der Waals surface area contributed by atoms with Crippen LogP contribution in [0.4, 0.5) is 4.39 Å². The van der Waals surface area contributed by atoms with Gasteiger partial charge in [-0.15, -0.1) is 0 Å². The Morgan fingerprint density at radius 3 is 2.39 bits per heavy atom. The van der Waals surface area contributed by atoms with Gasteiger partial charge in [0.1, 0.15) is 12.4 Å². The summed E-state index contributed by atoms with van der Waals surface area (Å²) in [4.78, 5) is 18.0. The number of benzene rings is 2. The van der Waals surface area contributed by atoms with Gasteiger partial charge in [-0.25, -0.2) is 4.39 Å². The van der Waals surface area contributed by atoms with Crippen molar-refractivity contribution >= 4 is 5.78 Å². The summed E-state index contributed by atoms with van der Waals surface area (Å²) in [6, 6.07) is 15.0. The zero-order valence-electron chi connectivity index (χ0n) is 22.2. The van der Waals surface area contributed by atoms with Crippen LogP contribution in [0.2, 0.25) is 0 Å². The lowest BCUT2D eigenvalue weighted by Crippen LogP contribution is -2.36. The Kier molecular flexibility index (Phi) is 8.16. The number of aliphatic hydroxyl groups excluding tert-OH is 1. The summed E-state index contributed by atoms with van der Waals surface area (Å²) in [5, 5.41) is 9.17. The van der Waals surface area contributed by atoms with Crippen LogP contribution in [0.3, 0.4) is 0 Å². The van der Waals surface area contributed by atoms with Crippen molar-refractivity contribution in [1.82, 2.24) is 4.98 Å². The molecule has 38 heavy (non-hydrogen) atoms. The van der Waals surface area contributed by atoms with Crippen molar-refractivity contribution in [3.8, 4) is 22.8 Å². The maximum Gasteiger partial charge on any atom is 0.163 e. The molecule has 1 fully saturated rings. The number of hydrogen-bond acceptors (Lipinski definition) is 7. The Labute approximate surface area is 223 Å². The Morgan fingerprint density at radius 2 is 1.76 bits per heavy atom. The molecule has 5 N–H and O–H groups in total. The number of nitrogens with two attached hydrogens (primary N) is 2. The van der Waals surface area contributed by atoms with E-state index in [4.69, 9.17) is 25.9 Å². The van der Waals surface area contributed by atoms with E-state index in [1.165, 1.54) is 12.1 Å². The van der Waals surface area contributed by atoms with Crippen LogP contribution in [0.1, 0.15) is 68.1 Å². The van der Waals surface area contributed by atoms with Crippen LogP contribution in [0.25, 0.3) is 11.3 Å². The molecule has 7 nitrogen and oxygen atoms in total. The lowest BCUT2D eigenvalue weighted by Gasteiger charge is -2.28. The predicted octanol–water partition coefficient (Wildman–Crippen LogP) is 4.83. The number of ether oxygens (including phenoxy) is 2. The third-order valence-electron chi connectivity index (χ3n) is 6.60. The second-order valence-corrected chi connectivity index (χ2v) is 10.7. The third kappa shape index (κ3) is 6.95. The summed E-state index contributed by atoms with van der Waals surface area (Å²) in [5.74, 6) is 0.585. The van der Waals surface area contributed by atoms with Crippen LogP contribution in [-0.2, 0) is 11.1 Å². The van der Waals surface area contributed by atoms with Gasteiger partial charge < -0.3 is 26.0 Å². The van der Waals surface area contributed by atoms with Crippen LogP contribution in [-0.4, -0.2) is 35.2 Å². The molecule has 2 aromatic carbocycles. The number of hydrogen-bond donors (Lipinski definition) is 3. The molecule has 1 atom stereocenters. The standard InChI is InChI=1S/C30H36FN3O4/c1-29(2,32)21-17-24(19-4-7-22(31)8-5-19)34-28(18-21)30(3,33)13-12-25(36)20-6-11-26(38-23-9-10-23)27(16-20)37-15-14-35/h4-8,11,16-18,23,35H,9-10,12-15,32-33H2,1-3H3. The number of nitrogens with zero attached hydrogens (tertiary/aromatic N) is 1. The predicted molar refractivity (Wildman–Crippen MR) is 145 cm³/mol. The minimum Gasteiger partial charge on any atom is -0.487 e. The molecule has 1 unspecified atom stereocenters. The summed E-state index contributed by atoms with van der Waals surface area (Å²) in [6.45, 7) is 5.59. The van der Waals surface area contributed by atoms with E-state index >= 15 is 0 Å². The number of aromatic nitrogens is 1. The smallest absolute Gasteiger partial charge is 0.163 e. The second-order valence-electron chi connectivity index (χ2n) is 10.7. The van der Waals surface area contributed by atoms with E-state index in [1.54, 1.807) is 30.3 Å². The molecule has 0 aliphatic heterocycles. The van der Waals surface area contributed by atoms with Gasteiger partial charge in [-0.2, -0.15) is 0 Å². The van der Waals surface area contributed by atoms with Crippen LogP contribution < -0.4 is 20.9 Å². The number of rotatable bonds is 12. The number of Topliss-reactive ketones (excluding diaryl/α,β-unsaturated/α-hetero) is 1. The summed E-state index contributed by atoms with van der Waals surface area (Å²) >= 11 is 0. The summed E-state index contributed by atoms with van der Waals surface area (Å²) < 4.78 is 25.0. The second kappa shape index (κ2) is 11.2. The molecule has 1 aliphatic rings. The molecular weight excluding hydrogens is 485 g/mol. The number of aliphatic hydroxyl groups is 1. The highest BCUT2D eigenvalue weighted by Crippen LogP contribution is 2.35. The van der Waals surface area contributed by atoms with E-state index in [0.717, 1.165) is 24.0 Å². The van der Waals surface area contributed by atoms with E-state index < -0.39 is 11.1 Å². The number of halogens is 1. The Hall–Kier alpha value is -3.33. The molecule has 1 aromatic heterocycles. The quantitative estimate of drug-likeness (QED) is 0.292. The van der Waals surface area contributed by atoms with E-state index in [9.17, 15) is 14.3 Å². The SMILES string of the molecule is CC(C)(N)c1cc(-c2ccc(F)cc2)nc(C(C)(N)CCC(=O)c2ccc(OC3CC3)c(OCCO)c2)c1. The largest absolute Gasteiger partial charge is 0.487 e. The van der Waals surface area contributed by atoms with E-state index in [0.29, 0.717) is 34.9 Å². The fourth-order valence-electron chi connectivity index (χ4n) is 4.02. The number of ketones is 1. The molecule has 1 saturated carbocycles. The molecule has 0 spiro atoms. The first-order valence-corrected chi connectivity index (χ1v) is 12.9. The van der Waals surface area contributed by atoms with Crippen molar-refractivity contribution in [3.63, 3.8) is 0 Å². The molecule has 0 saturated heterocycles. The maximum absolute atomic E-state index is 13.5. The Morgan fingerprint density at radius 1 is 1.05 bits per heavy atom. The summed E-state index contributed by atoms with van der Waals surface area (Å²) in [6.07, 6.45) is 2.68. The third-order valence-corrected chi connectivity index (χ3v) is 6.60. The molecule has 202 valence electrons. The lowest BCUT2D eigenvalue weighted by atomic mass is 9.86. The highest BCUT2D eigenvalue weighted by Gasteiger charge is 2.29. The van der Waals surface area contributed by atoms with E-state index in [-0.39, 0.29) is 37.3 Å². The average Bonchev–Trinajstić information content (AvgIpc) is 3.70. The van der Waals surface area contributed by atoms with Crippen molar-refractivity contribution < 1.29 is 23.8 Å². The maximum atomic E-state index is 13.5. The van der Waals surface area contributed by atoms with Gasteiger partial charge in [0.05, 0.1) is 29.6 Å². The molecule has 0 bridgehead atoms. The number of pyridine rings is 1. The van der Waals surface area contributed by atoms with Gasteiger partial charge >= 0.3 is 0 Å². The van der Waals surface area contributed by atoms with Crippen LogP contribution in [0.5, 0.6) is 11.5 Å². The average molecular weight is 522 g/mol. The minimum atomic E-state index is -0.934. The minimum absolute atomic E-state index is 0.0948. The first kappa shape index (κ1) is 27.7. The van der Waals surface area contributed by atoms with Crippen molar-refractivity contribution in [2.75, 3.05) is 13.2 Å². The first-order chi connectivity index (χ1) is 18.0. The van der Waals surface area contributed by atoms with Crippen LogP contribution >= 0.6 is 0 Å². The first-order valence-electron chi connectivity index (χ1n) is 12.9. The van der Waals surface area contributed by atoms with E-state index in [1.807, 2.05) is 32.9 Å². The molecule has 1 aliphatic carbocycles. The molecule has 4 rings (SSSR count). The topological polar surface area (TPSA) is 121 Å². The van der Waals surface area contributed by atoms with Gasteiger partial charge in [0.15, 0.2) is 17.3 Å². The van der Waals surface area contributed by atoms with Crippen molar-refractivity contribution in [2.45, 2.75) is 63.6 Å². The highest BCUT2D eigenvalue weighted by atomic mass is 19.1. The van der Waals surface area contributed by atoms with Gasteiger partial charge in [-0.3, -0.25) is 9.78 Å². The molecular formula is C30H36FN3O4. The van der Waals surface area contributed by atoms with Crippen LogP contribution in [0.15, 0.2) is 54.6 Å². The number of carbonyl (C=O) groups excluding carboxylic acids is 1. The van der Waals surface area contributed by atoms with Gasteiger partial charge in [-0.05, 0) is 100 Å². The number of carbonyl (C=O) groups is 1. The zero-order valence-corrected chi connectivity index (χ0v) is 22.2. The van der Waals surface area contributed by atoms with Crippen molar-refractivity contribution in [3.05, 3.63) is 77.2 Å². The monoisotopic (exact) mass is 521 g/mol. The molecule has 1 heterocycles. The van der Waals surface area contributed by atoms with Gasteiger partial charge in [0, 0.05) is 23.1 Å². The summed E-state index contributed by atoms with van der Waals surface area (Å²) in [7, 11) is 0. The molecule has 0 amide bonds.